The first kappa shape index (κ1) is 31.2. The molecule has 0 aromatic carbocycles. The number of carbonyl (C=O) groups excluding carboxylic acids is 2. The predicted molar refractivity (Wildman–Crippen MR) is 169 cm³/mol. The van der Waals surface area contributed by atoms with E-state index in [4.69, 9.17) is 14.7 Å². The Bertz CT molecular complexity index is 1570. The first-order valence-corrected chi connectivity index (χ1v) is 15.6. The molecule has 3 aromatic rings. The number of carbonyl (C=O) groups is 2. The number of anilines is 1. The molecule has 11 heteroatoms. The molecule has 1 fully saturated rings. The van der Waals surface area contributed by atoms with Crippen molar-refractivity contribution in [3.63, 3.8) is 0 Å². The van der Waals surface area contributed by atoms with Gasteiger partial charge >= 0.3 is 6.09 Å². The quantitative estimate of drug-likeness (QED) is 0.408. The van der Waals surface area contributed by atoms with Gasteiger partial charge in [-0.1, -0.05) is 13.3 Å². The van der Waals surface area contributed by atoms with Gasteiger partial charge in [0.15, 0.2) is 5.82 Å². The van der Waals surface area contributed by atoms with E-state index in [-0.39, 0.29) is 24.1 Å². The minimum absolute atomic E-state index is 0.134. The number of H-pyrrole nitrogens is 1. The van der Waals surface area contributed by atoms with Gasteiger partial charge in [0.25, 0.3) is 11.5 Å². The van der Waals surface area contributed by atoms with Crippen LogP contribution in [0, 0.1) is 6.92 Å². The van der Waals surface area contributed by atoms with E-state index in [0.717, 1.165) is 72.4 Å². The van der Waals surface area contributed by atoms with Crippen molar-refractivity contribution in [1.82, 2.24) is 30.2 Å². The second-order valence-electron chi connectivity index (χ2n) is 12.6. The summed E-state index contributed by atoms with van der Waals surface area (Å²) in [7, 11) is 0. The van der Waals surface area contributed by atoms with Crippen LogP contribution in [0.5, 0.6) is 0 Å². The van der Waals surface area contributed by atoms with Crippen molar-refractivity contribution < 1.29 is 14.3 Å². The molecule has 2 aliphatic rings. The van der Waals surface area contributed by atoms with E-state index in [9.17, 15) is 14.4 Å². The van der Waals surface area contributed by atoms with E-state index in [2.05, 4.69) is 27.1 Å². The molecule has 0 unspecified atom stereocenters. The Hall–Kier alpha value is -4.28. The highest BCUT2D eigenvalue weighted by atomic mass is 16.6. The highest BCUT2D eigenvalue weighted by Gasteiger charge is 2.27. The van der Waals surface area contributed by atoms with E-state index in [0.29, 0.717) is 43.3 Å². The van der Waals surface area contributed by atoms with Crippen LogP contribution in [0.2, 0.25) is 0 Å². The molecule has 1 saturated heterocycles. The molecule has 234 valence electrons. The van der Waals surface area contributed by atoms with Gasteiger partial charge in [0.2, 0.25) is 0 Å². The lowest BCUT2D eigenvalue weighted by Gasteiger charge is -2.36. The predicted octanol–water partition coefficient (Wildman–Crippen LogP) is 4.35. The molecule has 0 spiro atoms. The molecular weight excluding hydrogens is 558 g/mol. The van der Waals surface area contributed by atoms with Crippen molar-refractivity contribution in [3.8, 4) is 11.4 Å². The van der Waals surface area contributed by atoms with Gasteiger partial charge in [-0.15, -0.1) is 0 Å². The number of aromatic amines is 1. The lowest BCUT2D eigenvalue weighted by atomic mass is 9.94. The molecule has 0 radical (unpaired) electrons. The SMILES string of the molecule is CCCc1cc(C)[nH]c(=O)c1CNC(=O)c1nc(-c2ccc(N3CCN(C(=O)OC(C)(C)C)CC3)nc2)nc2c1CCCC2. The average molecular weight is 602 g/mol. The Labute approximate surface area is 258 Å². The summed E-state index contributed by atoms with van der Waals surface area (Å²) in [5.41, 5.74) is 4.53. The highest BCUT2D eigenvalue weighted by Crippen LogP contribution is 2.27. The molecule has 0 atom stereocenters. The number of pyridine rings is 2. The van der Waals surface area contributed by atoms with Crippen LogP contribution in [0.1, 0.15) is 85.5 Å². The average Bonchev–Trinajstić information content (AvgIpc) is 2.99. The van der Waals surface area contributed by atoms with Gasteiger partial charge in [-0.2, -0.15) is 0 Å². The Morgan fingerprint density at radius 3 is 2.50 bits per heavy atom. The Morgan fingerprint density at radius 2 is 1.82 bits per heavy atom. The first-order chi connectivity index (χ1) is 21.0. The van der Waals surface area contributed by atoms with E-state index < -0.39 is 5.60 Å². The topological polar surface area (TPSA) is 133 Å². The van der Waals surface area contributed by atoms with Crippen molar-refractivity contribution in [3.05, 3.63) is 68.5 Å². The zero-order valence-corrected chi connectivity index (χ0v) is 26.5. The molecule has 2 amide bonds. The molecule has 2 N–H and O–H groups in total. The van der Waals surface area contributed by atoms with Gasteiger partial charge in [-0.05, 0) is 83.6 Å². The van der Waals surface area contributed by atoms with E-state index >= 15 is 0 Å². The van der Waals surface area contributed by atoms with Gasteiger partial charge in [0.1, 0.15) is 17.1 Å². The minimum Gasteiger partial charge on any atom is -0.444 e. The van der Waals surface area contributed by atoms with Crippen molar-refractivity contribution >= 4 is 17.8 Å². The normalized spacial score (nSPS) is 15.1. The molecular formula is C33H43N7O4. The van der Waals surface area contributed by atoms with Crippen LogP contribution in [-0.2, 0) is 30.5 Å². The number of amides is 2. The van der Waals surface area contributed by atoms with Gasteiger partial charge in [-0.3, -0.25) is 9.59 Å². The summed E-state index contributed by atoms with van der Waals surface area (Å²) >= 11 is 0. The van der Waals surface area contributed by atoms with Crippen molar-refractivity contribution in [2.75, 3.05) is 31.1 Å². The van der Waals surface area contributed by atoms with Crippen LogP contribution in [0.3, 0.4) is 0 Å². The first-order valence-electron chi connectivity index (χ1n) is 15.6. The molecule has 0 bridgehead atoms. The number of nitrogens with one attached hydrogen (secondary N) is 2. The number of hydrogen-bond donors (Lipinski definition) is 2. The maximum Gasteiger partial charge on any atom is 0.410 e. The number of fused-ring (bicyclic) bond motifs is 1. The summed E-state index contributed by atoms with van der Waals surface area (Å²) in [6.45, 7) is 12.1. The maximum atomic E-state index is 13.6. The van der Waals surface area contributed by atoms with Gasteiger partial charge in [0, 0.05) is 67.0 Å². The summed E-state index contributed by atoms with van der Waals surface area (Å²) in [4.78, 5) is 59.7. The van der Waals surface area contributed by atoms with Crippen molar-refractivity contribution in [2.45, 2.75) is 85.3 Å². The van der Waals surface area contributed by atoms with Gasteiger partial charge < -0.3 is 24.8 Å². The molecule has 0 saturated carbocycles. The van der Waals surface area contributed by atoms with Crippen molar-refractivity contribution in [1.29, 1.82) is 0 Å². The Morgan fingerprint density at radius 1 is 1.07 bits per heavy atom. The fourth-order valence-corrected chi connectivity index (χ4v) is 5.78. The van der Waals surface area contributed by atoms with Crippen LogP contribution in [-0.4, -0.2) is 68.6 Å². The zero-order valence-electron chi connectivity index (χ0n) is 26.5. The number of aromatic nitrogens is 4. The number of aryl methyl sites for hydroxylation is 3. The van der Waals surface area contributed by atoms with Crippen LogP contribution >= 0.6 is 0 Å². The maximum absolute atomic E-state index is 13.6. The number of hydrogen-bond acceptors (Lipinski definition) is 8. The fraction of sp³-hybridized carbons (Fsp3) is 0.515. The third-order valence-corrected chi connectivity index (χ3v) is 7.97. The smallest absolute Gasteiger partial charge is 0.410 e. The summed E-state index contributed by atoms with van der Waals surface area (Å²) in [5.74, 6) is 0.964. The summed E-state index contributed by atoms with van der Waals surface area (Å²) in [6, 6.07) is 5.84. The fourth-order valence-electron chi connectivity index (χ4n) is 5.78. The molecule has 3 aromatic heterocycles. The molecule has 1 aliphatic carbocycles. The van der Waals surface area contributed by atoms with E-state index in [1.165, 1.54) is 0 Å². The highest BCUT2D eigenvalue weighted by molar-refractivity contribution is 5.94. The Balaban J connectivity index is 1.32. The van der Waals surface area contributed by atoms with E-state index in [1.807, 2.05) is 45.9 Å². The summed E-state index contributed by atoms with van der Waals surface area (Å²) < 4.78 is 5.51. The third kappa shape index (κ3) is 7.26. The number of nitrogens with zero attached hydrogens (tertiary/aromatic N) is 5. The van der Waals surface area contributed by atoms with Crippen LogP contribution < -0.4 is 15.8 Å². The molecule has 11 nitrogen and oxygen atoms in total. The van der Waals surface area contributed by atoms with E-state index in [1.54, 1.807) is 11.1 Å². The molecule has 5 rings (SSSR count). The minimum atomic E-state index is -0.524. The molecule has 44 heavy (non-hydrogen) atoms. The van der Waals surface area contributed by atoms with Crippen LogP contribution in [0.25, 0.3) is 11.4 Å². The lowest BCUT2D eigenvalue weighted by molar-refractivity contribution is 0.0240. The monoisotopic (exact) mass is 601 g/mol. The van der Waals surface area contributed by atoms with Crippen LogP contribution in [0.4, 0.5) is 10.6 Å². The Kier molecular flexibility index (Phi) is 9.31. The number of ether oxygens (including phenoxy) is 1. The largest absolute Gasteiger partial charge is 0.444 e. The third-order valence-electron chi connectivity index (χ3n) is 7.97. The standard InChI is InChI=1S/C33H43N7O4/c1-6-9-22-18-21(2)36-30(41)25(22)20-35-31(42)28-24-10-7-8-11-26(24)37-29(38-28)23-12-13-27(34-19-23)39-14-16-40(17-15-39)32(43)44-33(3,4)5/h12-13,18-19H,6-11,14-17,20H2,1-5H3,(H,35,42)(H,36,41). The number of rotatable bonds is 7. The molecule has 1 aliphatic heterocycles. The van der Waals surface area contributed by atoms with Crippen molar-refractivity contribution in [2.24, 2.45) is 0 Å². The zero-order chi connectivity index (χ0) is 31.4. The summed E-state index contributed by atoms with van der Waals surface area (Å²) in [5, 5.41) is 2.97. The number of piperazine rings is 1. The summed E-state index contributed by atoms with van der Waals surface area (Å²) in [6.07, 6.45) is 6.64. The van der Waals surface area contributed by atoms with Gasteiger partial charge in [-0.25, -0.2) is 19.7 Å². The second kappa shape index (κ2) is 13.2. The second-order valence-corrected chi connectivity index (χ2v) is 12.6. The lowest BCUT2D eigenvalue weighted by Crippen LogP contribution is -2.50. The molecule has 4 heterocycles. The van der Waals surface area contributed by atoms with Gasteiger partial charge in [0.05, 0.1) is 0 Å². The van der Waals surface area contributed by atoms with Crippen LogP contribution in [0.15, 0.2) is 29.2 Å².